The van der Waals surface area contributed by atoms with Gasteiger partial charge in [0, 0.05) is 51.0 Å². The molecular formula is C49H56N14O10. The SMILES string of the molecule is COC(=O)[C@H](CNC(=O)c1cnccn1)NC(=O)c1c(C)nc(NCCCc2cccc(O)c2)nc1C.Cc1nc(NCCCc2cccc(O)c2)nc(C)c1C(=O)N[C@@H](CNC(=O)c1cnccn1)C(=O)O. The molecule has 4 heterocycles. The van der Waals surface area contributed by atoms with E-state index < -0.39 is 47.7 Å². The third-order valence-electron chi connectivity index (χ3n) is 10.6. The Kier molecular flexibility index (Phi) is 20.4. The number of carbonyl (C=O) groups excluding carboxylic acids is 5. The summed E-state index contributed by atoms with van der Waals surface area (Å²) in [5.41, 5.74) is 4.12. The van der Waals surface area contributed by atoms with Crippen molar-refractivity contribution in [3.05, 3.63) is 142 Å². The van der Waals surface area contributed by atoms with Crippen LogP contribution in [0.5, 0.6) is 11.5 Å². The topological polar surface area (TPSA) is 348 Å². The number of carboxylic acids is 1. The van der Waals surface area contributed by atoms with Gasteiger partial charge in [-0.25, -0.2) is 39.5 Å². The van der Waals surface area contributed by atoms with E-state index in [9.17, 15) is 44.1 Å². The van der Waals surface area contributed by atoms with Crippen LogP contribution in [0.3, 0.4) is 0 Å². The number of amides is 4. The van der Waals surface area contributed by atoms with Crippen LogP contribution in [0.15, 0.2) is 85.7 Å². The zero-order valence-electron chi connectivity index (χ0n) is 40.7. The summed E-state index contributed by atoms with van der Waals surface area (Å²) in [7, 11) is 1.19. The number of aromatic hydroxyl groups is 2. The lowest BCUT2D eigenvalue weighted by Gasteiger charge is -2.18. The molecule has 382 valence electrons. The van der Waals surface area contributed by atoms with Gasteiger partial charge in [0.2, 0.25) is 11.9 Å². The quantitative estimate of drug-likeness (QED) is 0.0348. The Morgan fingerprint density at radius 2 is 0.986 bits per heavy atom. The highest BCUT2D eigenvalue weighted by molar-refractivity contribution is 6.00. The van der Waals surface area contributed by atoms with Crippen molar-refractivity contribution in [2.75, 3.05) is 43.9 Å². The molecule has 24 heteroatoms. The number of phenols is 2. The molecule has 0 radical (unpaired) electrons. The van der Waals surface area contributed by atoms with Crippen LogP contribution >= 0.6 is 0 Å². The van der Waals surface area contributed by atoms with Crippen LogP contribution in [-0.4, -0.2) is 136 Å². The third kappa shape index (κ3) is 17.0. The predicted octanol–water partition coefficient (Wildman–Crippen LogP) is 2.58. The molecule has 4 amide bonds. The number of phenolic OH excluding ortho intramolecular Hbond substituents is 2. The maximum atomic E-state index is 13.0. The summed E-state index contributed by atoms with van der Waals surface area (Å²) in [4.78, 5) is 107. The summed E-state index contributed by atoms with van der Waals surface area (Å²) >= 11 is 0. The Morgan fingerprint density at radius 3 is 1.36 bits per heavy atom. The largest absolute Gasteiger partial charge is 0.508 e. The van der Waals surface area contributed by atoms with Gasteiger partial charge in [0.1, 0.15) is 35.0 Å². The van der Waals surface area contributed by atoms with E-state index >= 15 is 0 Å². The van der Waals surface area contributed by atoms with Crippen LogP contribution < -0.4 is 31.9 Å². The predicted molar refractivity (Wildman–Crippen MR) is 264 cm³/mol. The molecule has 0 aliphatic heterocycles. The van der Waals surface area contributed by atoms with Crippen molar-refractivity contribution < 1.29 is 48.8 Å². The number of nitrogens with one attached hydrogen (secondary N) is 6. The summed E-state index contributed by atoms with van der Waals surface area (Å²) in [6.45, 7) is 7.21. The van der Waals surface area contributed by atoms with Crippen molar-refractivity contribution in [2.45, 2.75) is 65.5 Å². The highest BCUT2D eigenvalue weighted by atomic mass is 16.5. The first-order valence-corrected chi connectivity index (χ1v) is 22.8. The molecule has 0 unspecified atom stereocenters. The number of nitrogens with zero attached hydrogens (tertiary/aromatic N) is 8. The normalized spacial score (nSPS) is 11.4. The Balaban J connectivity index is 0.000000271. The zero-order valence-corrected chi connectivity index (χ0v) is 40.7. The molecule has 0 saturated heterocycles. The van der Waals surface area contributed by atoms with Gasteiger partial charge in [-0.05, 0) is 88.8 Å². The minimum absolute atomic E-state index is 0.0260. The number of hydrogen-bond donors (Lipinski definition) is 9. The number of hydrogen-bond acceptors (Lipinski definition) is 19. The highest BCUT2D eigenvalue weighted by Gasteiger charge is 2.27. The fourth-order valence-corrected chi connectivity index (χ4v) is 7.06. The van der Waals surface area contributed by atoms with Gasteiger partial charge in [-0.1, -0.05) is 24.3 Å². The van der Waals surface area contributed by atoms with Crippen LogP contribution in [-0.2, 0) is 27.2 Å². The Morgan fingerprint density at radius 1 is 0.575 bits per heavy atom. The van der Waals surface area contributed by atoms with Gasteiger partial charge in [0.05, 0.1) is 53.4 Å². The van der Waals surface area contributed by atoms with Crippen molar-refractivity contribution >= 4 is 47.5 Å². The monoisotopic (exact) mass is 1000 g/mol. The van der Waals surface area contributed by atoms with Crippen molar-refractivity contribution in [1.29, 1.82) is 0 Å². The molecule has 0 aliphatic carbocycles. The lowest BCUT2D eigenvalue weighted by Crippen LogP contribution is -2.49. The number of methoxy groups -OCH3 is 1. The van der Waals surface area contributed by atoms with Crippen LogP contribution in [0.1, 0.15) is 88.4 Å². The molecule has 0 spiro atoms. The standard InChI is InChI=1S/C25H29N7O5.C24H27N7O5/c1-15-21(16(2)31-25(30-15)28-9-5-7-17-6-4-8-18(33)12-17)23(35)32-20(24(36)37-3)14-29-22(34)19-13-26-10-11-27-19;1-14-20(15(2)30-24(29-14)27-8-4-6-16-5-3-7-17(32)11-16)22(34)31-19(23(35)36)13-28-21(33)18-12-25-9-10-26-18/h4,6,8,10-13,20,33H,5,7,9,14H2,1-3H3,(H,29,34)(H,32,35)(H,28,30,31);3,5,7,9-12,19,32H,4,6,8,13H2,1-2H3,(H,28,33)(H,31,34)(H,35,36)(H,27,29,30)/t20-;19-/m00/s1. The highest BCUT2D eigenvalue weighted by Crippen LogP contribution is 2.17. The molecule has 24 nitrogen and oxygen atoms in total. The van der Waals surface area contributed by atoms with Gasteiger partial charge in [0.15, 0.2) is 0 Å². The van der Waals surface area contributed by atoms with Crippen molar-refractivity contribution in [3.8, 4) is 11.5 Å². The van der Waals surface area contributed by atoms with Crippen LogP contribution in [0.25, 0.3) is 0 Å². The second-order valence-electron chi connectivity index (χ2n) is 16.1. The van der Waals surface area contributed by atoms with Crippen molar-refractivity contribution in [3.63, 3.8) is 0 Å². The average molecular weight is 1000 g/mol. The molecule has 0 aliphatic rings. The average Bonchev–Trinajstić information content (AvgIpc) is 3.36. The maximum absolute atomic E-state index is 13.0. The number of carboxylic acid groups (broad SMARTS) is 1. The van der Waals surface area contributed by atoms with Gasteiger partial charge in [0.25, 0.3) is 23.6 Å². The van der Waals surface area contributed by atoms with E-state index in [1.54, 1.807) is 64.1 Å². The number of esters is 1. The summed E-state index contributed by atoms with van der Waals surface area (Å²) in [6.07, 6.45) is 11.1. The number of aromatic nitrogens is 8. The summed E-state index contributed by atoms with van der Waals surface area (Å²) in [5.74, 6) is -3.26. The number of benzene rings is 2. The maximum Gasteiger partial charge on any atom is 0.330 e. The van der Waals surface area contributed by atoms with E-state index in [1.165, 1.54) is 44.3 Å². The molecule has 0 saturated carbocycles. The summed E-state index contributed by atoms with van der Waals surface area (Å²) in [5, 5.41) is 44.8. The molecule has 6 aromatic rings. The van der Waals surface area contributed by atoms with E-state index in [4.69, 9.17) is 4.74 Å². The number of aryl methyl sites for hydroxylation is 6. The van der Waals surface area contributed by atoms with Crippen molar-refractivity contribution in [1.82, 2.24) is 61.1 Å². The second-order valence-corrected chi connectivity index (χ2v) is 16.1. The molecule has 9 N–H and O–H groups in total. The molecule has 2 atom stereocenters. The van der Waals surface area contributed by atoms with Gasteiger partial charge < -0.3 is 52.0 Å². The first-order valence-electron chi connectivity index (χ1n) is 22.8. The molecule has 6 rings (SSSR count). The van der Waals surface area contributed by atoms with Crippen molar-refractivity contribution in [2.24, 2.45) is 0 Å². The van der Waals surface area contributed by atoms with Gasteiger partial charge in [-0.15, -0.1) is 0 Å². The van der Waals surface area contributed by atoms with Gasteiger partial charge >= 0.3 is 11.9 Å². The Labute approximate surface area is 419 Å². The first kappa shape index (κ1) is 54.7. The number of ether oxygens (including phenoxy) is 1. The Bertz CT molecular complexity index is 2830. The molecular weight excluding hydrogens is 945 g/mol. The fourth-order valence-electron chi connectivity index (χ4n) is 7.06. The number of aliphatic carboxylic acids is 1. The third-order valence-corrected chi connectivity index (χ3v) is 10.6. The minimum atomic E-state index is -1.38. The van der Waals surface area contributed by atoms with Gasteiger partial charge in [-0.2, -0.15) is 0 Å². The van der Waals surface area contributed by atoms with E-state index in [0.717, 1.165) is 36.8 Å². The second kappa shape index (κ2) is 27.2. The van der Waals surface area contributed by atoms with Crippen LogP contribution in [0.2, 0.25) is 0 Å². The summed E-state index contributed by atoms with van der Waals surface area (Å²) < 4.78 is 4.77. The number of rotatable bonds is 22. The molecule has 2 aromatic carbocycles. The van der Waals surface area contributed by atoms with Crippen LogP contribution in [0, 0.1) is 27.7 Å². The zero-order chi connectivity index (χ0) is 52.9. The molecule has 4 aromatic heterocycles. The fraction of sp³-hybridized carbons (Fsp3) is 0.306. The number of carbonyl (C=O) groups is 6. The smallest absolute Gasteiger partial charge is 0.330 e. The molecule has 73 heavy (non-hydrogen) atoms. The van der Waals surface area contributed by atoms with Crippen LogP contribution in [0.4, 0.5) is 11.9 Å². The molecule has 0 fully saturated rings. The molecule has 0 bridgehead atoms. The lowest BCUT2D eigenvalue weighted by molar-refractivity contribution is -0.142. The van der Waals surface area contributed by atoms with E-state index in [0.29, 0.717) is 47.8 Å². The minimum Gasteiger partial charge on any atom is -0.508 e. The lowest BCUT2D eigenvalue weighted by atomic mass is 10.1. The first-order chi connectivity index (χ1) is 35.0. The van der Waals surface area contributed by atoms with E-state index in [2.05, 4.69) is 71.8 Å². The Hall–Kier alpha value is -9.22. The number of anilines is 2. The van der Waals surface area contributed by atoms with E-state index in [-0.39, 0.29) is 47.1 Å². The summed E-state index contributed by atoms with van der Waals surface area (Å²) in [6, 6.07) is 11.6. The van der Waals surface area contributed by atoms with Gasteiger partial charge in [-0.3, -0.25) is 29.1 Å². The van der Waals surface area contributed by atoms with E-state index in [1.807, 2.05) is 12.1 Å².